The van der Waals surface area contributed by atoms with Crippen molar-refractivity contribution in [2.75, 3.05) is 5.32 Å². The summed E-state index contributed by atoms with van der Waals surface area (Å²) in [6.45, 7) is 2.09. The summed E-state index contributed by atoms with van der Waals surface area (Å²) < 4.78 is 0. The molecule has 2 nitrogen and oxygen atoms in total. The van der Waals surface area contributed by atoms with E-state index in [9.17, 15) is 0 Å². The number of aryl methyl sites for hydroxylation is 1. The van der Waals surface area contributed by atoms with Crippen molar-refractivity contribution >= 4 is 23.0 Å². The molecule has 3 rings (SSSR count). The van der Waals surface area contributed by atoms with E-state index < -0.39 is 0 Å². The summed E-state index contributed by atoms with van der Waals surface area (Å²) in [4.78, 5) is 0. The summed E-state index contributed by atoms with van der Waals surface area (Å²) >= 11 is 5.40. The number of hydrogen-bond acceptors (Lipinski definition) is 1. The lowest BCUT2D eigenvalue weighted by molar-refractivity contribution is 0.392. The summed E-state index contributed by atoms with van der Waals surface area (Å²) in [6.07, 6.45) is 5.53. The van der Waals surface area contributed by atoms with Gasteiger partial charge < -0.3 is 10.6 Å². The molecule has 0 amide bonds. The highest BCUT2D eigenvalue weighted by Gasteiger charge is 2.39. The van der Waals surface area contributed by atoms with E-state index >= 15 is 0 Å². The topological polar surface area (TPSA) is 24.1 Å². The molecule has 2 bridgehead atoms. The summed E-state index contributed by atoms with van der Waals surface area (Å²) in [5.41, 5.74) is 2.34. The summed E-state index contributed by atoms with van der Waals surface area (Å²) in [5.74, 6) is 1.81. The minimum atomic E-state index is 0.606. The lowest BCUT2D eigenvalue weighted by Crippen LogP contribution is -2.40. The van der Waals surface area contributed by atoms with Gasteiger partial charge >= 0.3 is 0 Å². The van der Waals surface area contributed by atoms with Crippen LogP contribution in [0.15, 0.2) is 24.3 Å². The first-order valence-corrected chi connectivity index (χ1v) is 7.26. The number of benzene rings is 1. The molecule has 2 fully saturated rings. The normalized spacial score (nSPS) is 29.3. The van der Waals surface area contributed by atoms with Crippen LogP contribution in [0.3, 0.4) is 0 Å². The van der Waals surface area contributed by atoms with Crippen LogP contribution in [-0.2, 0) is 0 Å². The zero-order valence-corrected chi connectivity index (χ0v) is 11.6. The molecule has 0 saturated heterocycles. The molecule has 0 unspecified atom stereocenters. The monoisotopic (exact) mass is 260 g/mol. The molecule has 0 radical (unpaired) electrons. The molecule has 2 aliphatic carbocycles. The van der Waals surface area contributed by atoms with Gasteiger partial charge in [0.25, 0.3) is 0 Å². The molecule has 1 aromatic carbocycles. The highest BCUT2D eigenvalue weighted by Crippen LogP contribution is 2.44. The summed E-state index contributed by atoms with van der Waals surface area (Å²) in [7, 11) is 0. The zero-order chi connectivity index (χ0) is 12.5. The Hall–Kier alpha value is -1.09. The number of anilines is 1. The summed E-state index contributed by atoms with van der Waals surface area (Å²) in [6, 6.07) is 8.95. The molecular formula is C15H20N2S. The van der Waals surface area contributed by atoms with Crippen LogP contribution >= 0.6 is 12.2 Å². The molecule has 2 saturated carbocycles. The van der Waals surface area contributed by atoms with Gasteiger partial charge in [0.2, 0.25) is 0 Å². The first-order chi connectivity index (χ1) is 8.70. The Morgan fingerprint density at radius 3 is 2.56 bits per heavy atom. The van der Waals surface area contributed by atoms with E-state index in [2.05, 4.69) is 41.8 Å². The van der Waals surface area contributed by atoms with Gasteiger partial charge in [-0.25, -0.2) is 0 Å². The number of thiocarbonyl (C=S) groups is 1. The first kappa shape index (κ1) is 12.0. The highest BCUT2D eigenvalue weighted by molar-refractivity contribution is 7.80. The van der Waals surface area contributed by atoms with E-state index in [4.69, 9.17) is 12.2 Å². The Morgan fingerprint density at radius 1 is 1.17 bits per heavy atom. The zero-order valence-electron chi connectivity index (χ0n) is 10.8. The third kappa shape index (κ3) is 2.51. The van der Waals surface area contributed by atoms with Crippen molar-refractivity contribution in [1.82, 2.24) is 5.32 Å². The molecule has 0 aromatic heterocycles. The second kappa shape index (κ2) is 4.88. The fourth-order valence-electron chi connectivity index (χ4n) is 3.39. The number of rotatable bonds is 2. The van der Waals surface area contributed by atoms with Crippen molar-refractivity contribution in [3.8, 4) is 0 Å². The van der Waals surface area contributed by atoms with Gasteiger partial charge in [0, 0.05) is 11.7 Å². The molecule has 0 aliphatic heterocycles. The molecular weight excluding hydrogens is 240 g/mol. The minimum absolute atomic E-state index is 0.606. The largest absolute Gasteiger partial charge is 0.359 e. The average Bonchev–Trinajstić information content (AvgIpc) is 2.94. The Balaban J connectivity index is 1.54. The van der Waals surface area contributed by atoms with E-state index in [1.54, 1.807) is 0 Å². The van der Waals surface area contributed by atoms with Crippen LogP contribution in [0.25, 0.3) is 0 Å². The Labute approximate surface area is 114 Å². The molecule has 2 aliphatic rings. The van der Waals surface area contributed by atoms with Gasteiger partial charge in [-0.3, -0.25) is 0 Å². The SMILES string of the molecule is Cc1ccc(NC(=S)N[C@H]2C[C@@H]3CC[C@@H]2C3)cc1. The van der Waals surface area contributed by atoms with Crippen LogP contribution in [0.1, 0.15) is 31.2 Å². The molecule has 3 atom stereocenters. The van der Waals surface area contributed by atoms with Crippen molar-refractivity contribution in [1.29, 1.82) is 0 Å². The maximum atomic E-state index is 5.40. The first-order valence-electron chi connectivity index (χ1n) is 6.85. The Morgan fingerprint density at radius 2 is 1.94 bits per heavy atom. The molecule has 3 heteroatoms. The maximum Gasteiger partial charge on any atom is 0.171 e. The van der Waals surface area contributed by atoms with Gasteiger partial charge in [0.05, 0.1) is 0 Å². The standard InChI is InChI=1S/C15H20N2S/c1-10-2-6-13(7-3-10)16-15(18)17-14-9-11-4-5-12(14)8-11/h2-3,6-7,11-12,14H,4-5,8-9H2,1H3,(H2,16,17,18)/t11-,12-,14+/m1/s1. The third-order valence-electron chi connectivity index (χ3n) is 4.36. The van der Waals surface area contributed by atoms with E-state index in [1.165, 1.54) is 31.2 Å². The fraction of sp³-hybridized carbons (Fsp3) is 0.533. The van der Waals surface area contributed by atoms with Gasteiger partial charge in [-0.15, -0.1) is 0 Å². The quantitative estimate of drug-likeness (QED) is 0.796. The molecule has 1 aromatic rings. The maximum absolute atomic E-state index is 5.40. The smallest absolute Gasteiger partial charge is 0.171 e. The van der Waals surface area contributed by atoms with Crippen LogP contribution in [0, 0.1) is 18.8 Å². The third-order valence-corrected chi connectivity index (χ3v) is 4.58. The van der Waals surface area contributed by atoms with Crippen molar-refractivity contribution in [2.24, 2.45) is 11.8 Å². The Kier molecular flexibility index (Phi) is 3.25. The highest BCUT2D eigenvalue weighted by atomic mass is 32.1. The van der Waals surface area contributed by atoms with Crippen LogP contribution in [0.2, 0.25) is 0 Å². The number of nitrogens with one attached hydrogen (secondary N) is 2. The fourth-order valence-corrected chi connectivity index (χ4v) is 3.66. The van der Waals surface area contributed by atoms with Gasteiger partial charge in [-0.1, -0.05) is 24.1 Å². The second-order valence-corrected chi connectivity index (χ2v) is 6.15. The van der Waals surface area contributed by atoms with E-state index in [0.717, 1.165) is 22.6 Å². The predicted octanol–water partition coefficient (Wildman–Crippen LogP) is 3.47. The van der Waals surface area contributed by atoms with Gasteiger partial charge in [-0.05, 0) is 62.4 Å². The molecule has 0 heterocycles. The van der Waals surface area contributed by atoms with Crippen LogP contribution in [0.4, 0.5) is 5.69 Å². The molecule has 2 N–H and O–H groups in total. The second-order valence-electron chi connectivity index (χ2n) is 5.75. The van der Waals surface area contributed by atoms with Crippen molar-refractivity contribution < 1.29 is 0 Å². The molecule has 0 spiro atoms. The predicted molar refractivity (Wildman–Crippen MR) is 79.8 cm³/mol. The number of hydrogen-bond donors (Lipinski definition) is 2. The molecule has 96 valence electrons. The van der Waals surface area contributed by atoms with E-state index in [-0.39, 0.29) is 0 Å². The van der Waals surface area contributed by atoms with Crippen LogP contribution in [0.5, 0.6) is 0 Å². The van der Waals surface area contributed by atoms with Crippen molar-refractivity contribution in [2.45, 2.75) is 38.6 Å². The minimum Gasteiger partial charge on any atom is -0.359 e. The summed E-state index contributed by atoms with van der Waals surface area (Å²) in [5, 5.41) is 7.54. The van der Waals surface area contributed by atoms with Gasteiger partial charge in [-0.2, -0.15) is 0 Å². The Bertz CT molecular complexity index is 440. The van der Waals surface area contributed by atoms with Gasteiger partial charge in [0.15, 0.2) is 5.11 Å². The molecule has 18 heavy (non-hydrogen) atoms. The van der Waals surface area contributed by atoms with Gasteiger partial charge in [0.1, 0.15) is 0 Å². The van der Waals surface area contributed by atoms with E-state index in [1.807, 2.05) is 0 Å². The van der Waals surface area contributed by atoms with Crippen LogP contribution < -0.4 is 10.6 Å². The van der Waals surface area contributed by atoms with Crippen molar-refractivity contribution in [3.63, 3.8) is 0 Å². The van der Waals surface area contributed by atoms with E-state index in [0.29, 0.717) is 6.04 Å². The van der Waals surface area contributed by atoms with Crippen LogP contribution in [-0.4, -0.2) is 11.2 Å². The number of fused-ring (bicyclic) bond motifs is 2. The lowest BCUT2D eigenvalue weighted by atomic mass is 9.96. The lowest BCUT2D eigenvalue weighted by Gasteiger charge is -2.24. The average molecular weight is 260 g/mol. The van der Waals surface area contributed by atoms with Crippen molar-refractivity contribution in [3.05, 3.63) is 29.8 Å².